The molecule has 0 spiro atoms. The quantitative estimate of drug-likeness (QED) is 0.585. The van der Waals surface area contributed by atoms with Crippen LogP contribution in [-0.4, -0.2) is 28.6 Å². The molecule has 0 radical (unpaired) electrons. The first kappa shape index (κ1) is 13.7. The van der Waals surface area contributed by atoms with E-state index in [2.05, 4.69) is 0 Å². The fourth-order valence-corrected chi connectivity index (χ4v) is 1.49. The van der Waals surface area contributed by atoms with E-state index in [0.717, 1.165) is 0 Å². The van der Waals surface area contributed by atoms with Gasteiger partial charge in [0.15, 0.2) is 5.79 Å². The maximum Gasteiger partial charge on any atom is 0.338 e. The molecule has 0 aliphatic carbocycles. The molecule has 0 saturated heterocycles. The van der Waals surface area contributed by atoms with Crippen LogP contribution in [0.3, 0.4) is 0 Å². The van der Waals surface area contributed by atoms with Crippen molar-refractivity contribution in [3.63, 3.8) is 0 Å². The van der Waals surface area contributed by atoms with E-state index in [0.29, 0.717) is 12.0 Å². The molecule has 1 rings (SSSR count). The first-order valence-corrected chi connectivity index (χ1v) is 5.72. The van der Waals surface area contributed by atoms with Crippen LogP contribution < -0.4 is 0 Å². The van der Waals surface area contributed by atoms with Gasteiger partial charge in [0.1, 0.15) is 0 Å². The Kier molecular flexibility index (Phi) is 5.12. The number of ether oxygens (including phenoxy) is 1. The van der Waals surface area contributed by atoms with Crippen molar-refractivity contribution in [3.05, 3.63) is 35.9 Å². The van der Waals surface area contributed by atoms with E-state index in [-0.39, 0.29) is 19.4 Å². The predicted octanol–water partition coefficient (Wildman–Crippen LogP) is 1.71. The van der Waals surface area contributed by atoms with Crippen LogP contribution in [0.2, 0.25) is 0 Å². The SMILES string of the molecule is CCCC(O)(O)CCOC(=O)c1ccccc1. The second kappa shape index (κ2) is 6.37. The van der Waals surface area contributed by atoms with Gasteiger partial charge in [-0.1, -0.05) is 31.5 Å². The summed E-state index contributed by atoms with van der Waals surface area (Å²) in [4.78, 5) is 11.5. The molecule has 1 aromatic rings. The Balaban J connectivity index is 2.35. The molecule has 17 heavy (non-hydrogen) atoms. The third kappa shape index (κ3) is 4.97. The van der Waals surface area contributed by atoms with Crippen LogP contribution in [0.5, 0.6) is 0 Å². The molecular formula is C13H18O4. The number of carbonyl (C=O) groups is 1. The summed E-state index contributed by atoms with van der Waals surface area (Å²) < 4.78 is 4.95. The van der Waals surface area contributed by atoms with Crippen LogP contribution in [0.15, 0.2) is 30.3 Å². The molecular weight excluding hydrogens is 220 g/mol. The standard InChI is InChI=1S/C13H18O4/c1-2-8-13(15,16)9-10-17-12(14)11-6-4-3-5-7-11/h3-7,15-16H,2,8-10H2,1H3. The molecule has 4 nitrogen and oxygen atoms in total. The molecule has 4 heteroatoms. The zero-order valence-corrected chi connectivity index (χ0v) is 9.93. The van der Waals surface area contributed by atoms with Gasteiger partial charge in [0.25, 0.3) is 0 Å². The maximum atomic E-state index is 11.5. The summed E-state index contributed by atoms with van der Waals surface area (Å²) in [6.07, 6.45) is 0.967. The van der Waals surface area contributed by atoms with E-state index in [1.807, 2.05) is 13.0 Å². The van der Waals surface area contributed by atoms with Crippen molar-refractivity contribution in [2.45, 2.75) is 32.0 Å². The van der Waals surface area contributed by atoms with E-state index in [1.54, 1.807) is 24.3 Å². The van der Waals surface area contributed by atoms with E-state index in [9.17, 15) is 15.0 Å². The highest BCUT2D eigenvalue weighted by Gasteiger charge is 2.22. The van der Waals surface area contributed by atoms with E-state index in [4.69, 9.17) is 4.74 Å². The minimum absolute atomic E-state index is 0.000722. The summed E-state index contributed by atoms with van der Waals surface area (Å²) in [6, 6.07) is 8.61. The summed E-state index contributed by atoms with van der Waals surface area (Å²) in [5.41, 5.74) is 0.462. The van der Waals surface area contributed by atoms with Crippen molar-refractivity contribution in [3.8, 4) is 0 Å². The van der Waals surface area contributed by atoms with Gasteiger partial charge in [-0.25, -0.2) is 4.79 Å². The summed E-state index contributed by atoms with van der Waals surface area (Å²) in [5, 5.41) is 18.9. The molecule has 0 saturated carbocycles. The number of aliphatic hydroxyl groups is 2. The van der Waals surface area contributed by atoms with E-state index < -0.39 is 11.8 Å². The van der Waals surface area contributed by atoms with Crippen LogP contribution in [0.1, 0.15) is 36.5 Å². The largest absolute Gasteiger partial charge is 0.462 e. The molecule has 94 valence electrons. The smallest absolute Gasteiger partial charge is 0.338 e. The van der Waals surface area contributed by atoms with Crippen LogP contribution in [0.4, 0.5) is 0 Å². The number of hydrogen-bond acceptors (Lipinski definition) is 4. The van der Waals surface area contributed by atoms with Crippen molar-refractivity contribution in [2.75, 3.05) is 6.61 Å². The Labute approximate surface area is 101 Å². The van der Waals surface area contributed by atoms with Crippen LogP contribution in [0, 0.1) is 0 Å². The number of esters is 1. The zero-order valence-electron chi connectivity index (χ0n) is 9.93. The maximum absolute atomic E-state index is 11.5. The molecule has 0 unspecified atom stereocenters. The Morgan fingerprint density at radius 1 is 1.24 bits per heavy atom. The molecule has 0 bridgehead atoms. The Morgan fingerprint density at radius 3 is 2.47 bits per heavy atom. The van der Waals surface area contributed by atoms with Gasteiger partial charge < -0.3 is 14.9 Å². The monoisotopic (exact) mass is 238 g/mol. The molecule has 0 aliphatic heterocycles. The van der Waals surface area contributed by atoms with Crippen molar-refractivity contribution < 1.29 is 19.7 Å². The summed E-state index contributed by atoms with van der Waals surface area (Å²) in [7, 11) is 0. The third-order valence-electron chi connectivity index (χ3n) is 2.40. The summed E-state index contributed by atoms with van der Waals surface area (Å²) >= 11 is 0. The van der Waals surface area contributed by atoms with Gasteiger partial charge in [0.05, 0.1) is 12.2 Å². The van der Waals surface area contributed by atoms with Crippen LogP contribution in [0.25, 0.3) is 0 Å². The minimum Gasteiger partial charge on any atom is -0.462 e. The van der Waals surface area contributed by atoms with Gasteiger partial charge in [-0.3, -0.25) is 0 Å². The van der Waals surface area contributed by atoms with Gasteiger partial charge in [-0.15, -0.1) is 0 Å². The van der Waals surface area contributed by atoms with Gasteiger partial charge >= 0.3 is 5.97 Å². The second-order valence-electron chi connectivity index (χ2n) is 3.98. The topological polar surface area (TPSA) is 66.8 Å². The Morgan fingerprint density at radius 2 is 1.88 bits per heavy atom. The van der Waals surface area contributed by atoms with Crippen molar-refractivity contribution in [2.24, 2.45) is 0 Å². The molecule has 1 aromatic carbocycles. The van der Waals surface area contributed by atoms with Crippen molar-refractivity contribution >= 4 is 5.97 Å². The number of rotatable bonds is 6. The molecule has 0 aromatic heterocycles. The lowest BCUT2D eigenvalue weighted by Gasteiger charge is -2.20. The molecule has 0 atom stereocenters. The lowest BCUT2D eigenvalue weighted by Crippen LogP contribution is -2.29. The van der Waals surface area contributed by atoms with Gasteiger partial charge in [-0.2, -0.15) is 0 Å². The average molecular weight is 238 g/mol. The first-order chi connectivity index (χ1) is 8.05. The fraction of sp³-hybridized carbons (Fsp3) is 0.462. The minimum atomic E-state index is -1.74. The van der Waals surface area contributed by atoms with Crippen LogP contribution >= 0.6 is 0 Å². The van der Waals surface area contributed by atoms with Gasteiger partial charge in [-0.05, 0) is 12.1 Å². The Hall–Kier alpha value is -1.39. The lowest BCUT2D eigenvalue weighted by molar-refractivity contribution is -0.175. The van der Waals surface area contributed by atoms with Crippen molar-refractivity contribution in [1.29, 1.82) is 0 Å². The van der Waals surface area contributed by atoms with Gasteiger partial charge in [0.2, 0.25) is 0 Å². The molecule has 0 heterocycles. The Bertz CT molecular complexity index is 346. The summed E-state index contributed by atoms with van der Waals surface area (Å²) in [6.45, 7) is 1.86. The molecule has 0 aliphatic rings. The highest BCUT2D eigenvalue weighted by molar-refractivity contribution is 5.89. The normalized spacial score (nSPS) is 11.2. The summed E-state index contributed by atoms with van der Waals surface area (Å²) in [5.74, 6) is -2.19. The zero-order chi connectivity index (χ0) is 12.7. The number of carbonyl (C=O) groups excluding carboxylic acids is 1. The van der Waals surface area contributed by atoms with E-state index in [1.165, 1.54) is 0 Å². The molecule has 0 amide bonds. The average Bonchev–Trinajstić information content (AvgIpc) is 2.29. The van der Waals surface area contributed by atoms with Gasteiger partial charge in [0, 0.05) is 12.8 Å². The van der Waals surface area contributed by atoms with E-state index >= 15 is 0 Å². The lowest BCUT2D eigenvalue weighted by atomic mass is 10.1. The third-order valence-corrected chi connectivity index (χ3v) is 2.40. The predicted molar refractivity (Wildman–Crippen MR) is 63.4 cm³/mol. The highest BCUT2D eigenvalue weighted by Crippen LogP contribution is 2.13. The molecule has 0 fully saturated rings. The molecule has 2 N–H and O–H groups in total. The highest BCUT2D eigenvalue weighted by atomic mass is 16.5. The van der Waals surface area contributed by atoms with Crippen molar-refractivity contribution in [1.82, 2.24) is 0 Å². The number of hydrogen-bond donors (Lipinski definition) is 2. The fourth-order valence-electron chi connectivity index (χ4n) is 1.49. The second-order valence-corrected chi connectivity index (χ2v) is 3.98. The number of benzene rings is 1. The first-order valence-electron chi connectivity index (χ1n) is 5.72. The van der Waals surface area contributed by atoms with Crippen LogP contribution in [-0.2, 0) is 4.74 Å².